The van der Waals surface area contributed by atoms with Crippen molar-refractivity contribution < 1.29 is 37.4 Å². The highest BCUT2D eigenvalue weighted by molar-refractivity contribution is 6.32. The van der Waals surface area contributed by atoms with E-state index in [2.05, 4.69) is 66.6 Å². The van der Waals surface area contributed by atoms with E-state index in [1.54, 1.807) is 49.6 Å². The number of nitrogens with one attached hydrogen (secondary N) is 2. The molecule has 6 aliphatic heterocycles. The number of nitrogens with zero attached hydrogens (tertiary/aromatic N) is 6. The molecule has 2 N–H and O–H groups in total. The number of aryl methyl sites for hydroxylation is 2. The Labute approximate surface area is 630 Å². The molecule has 4 saturated heterocycles. The minimum absolute atomic E-state index is 0.000644. The highest BCUT2D eigenvalue weighted by Crippen LogP contribution is 2.41. The number of imide groups is 2. The van der Waals surface area contributed by atoms with Gasteiger partial charge in [-0.3, -0.25) is 49.2 Å². The maximum absolute atomic E-state index is 15.3. The van der Waals surface area contributed by atoms with Crippen LogP contribution in [0.1, 0.15) is 129 Å². The summed E-state index contributed by atoms with van der Waals surface area (Å²) < 4.78 is 45.7. The van der Waals surface area contributed by atoms with Crippen molar-refractivity contribution in [1.82, 2.24) is 29.6 Å². The summed E-state index contributed by atoms with van der Waals surface area (Å²) in [6.07, 6.45) is 14.3. The number of hydrogen-bond acceptors (Lipinski definition) is 12. The Kier molecular flexibility index (Phi) is 23.2. The van der Waals surface area contributed by atoms with Crippen molar-refractivity contribution in [3.8, 4) is 33.8 Å². The lowest BCUT2D eigenvalue weighted by Crippen LogP contribution is -2.41. The molecule has 556 valence electrons. The van der Waals surface area contributed by atoms with E-state index in [0.29, 0.717) is 84.9 Å². The van der Waals surface area contributed by atoms with Gasteiger partial charge in [0.05, 0.1) is 25.6 Å². The van der Waals surface area contributed by atoms with Crippen molar-refractivity contribution in [2.45, 2.75) is 144 Å². The first-order valence-electron chi connectivity index (χ1n) is 37.4. The van der Waals surface area contributed by atoms with Gasteiger partial charge in [-0.15, -0.1) is 0 Å². The zero-order valence-electron chi connectivity index (χ0n) is 62.1. The van der Waals surface area contributed by atoms with Crippen LogP contribution in [-0.4, -0.2) is 96.1 Å². The molecule has 8 heterocycles. The first-order chi connectivity index (χ1) is 51.0. The van der Waals surface area contributed by atoms with Crippen molar-refractivity contribution in [3.63, 3.8) is 0 Å². The van der Waals surface area contributed by atoms with Gasteiger partial charge in [0, 0.05) is 160 Å². The average Bonchev–Trinajstić information content (AvgIpc) is 0.797. The van der Waals surface area contributed by atoms with Gasteiger partial charge in [0.1, 0.15) is 23.1 Å². The second-order valence-corrected chi connectivity index (χ2v) is 31.1. The van der Waals surface area contributed by atoms with Crippen LogP contribution in [-0.2, 0) is 98.0 Å². The summed E-state index contributed by atoms with van der Waals surface area (Å²) in [6.45, 7) is 15.7. The fraction of sp³-hybridized carbons (Fsp3) is 0.419. The zero-order valence-corrected chi connectivity index (χ0v) is 63.6. The second-order valence-electron chi connectivity index (χ2n) is 30.3. The van der Waals surface area contributed by atoms with Crippen molar-refractivity contribution in [3.05, 3.63) is 230 Å². The largest absolute Gasteiger partial charge is 0.496 e. The topological polar surface area (TPSA) is 168 Å². The van der Waals surface area contributed by atoms with E-state index in [1.165, 1.54) is 33.4 Å². The van der Waals surface area contributed by atoms with Gasteiger partial charge in [-0.2, -0.15) is 0 Å². The quantitative estimate of drug-likeness (QED) is 0.0782. The van der Waals surface area contributed by atoms with Gasteiger partial charge in [-0.05, 0) is 232 Å². The van der Waals surface area contributed by atoms with Crippen LogP contribution in [0.15, 0.2) is 119 Å². The van der Waals surface area contributed by atoms with E-state index < -0.39 is 0 Å². The molecule has 4 amide bonds. The Morgan fingerprint density at radius 3 is 1.24 bits per heavy atom. The smallest absolute Gasteiger partial charge is 0.253 e. The number of fused-ring (bicyclic) bond motifs is 2. The van der Waals surface area contributed by atoms with Crippen molar-refractivity contribution in [2.24, 2.45) is 37.8 Å². The Bertz CT molecular complexity index is 4540. The molecule has 2 atom stereocenters. The number of carbonyl (C=O) groups is 4. The lowest BCUT2D eigenvalue weighted by Gasteiger charge is -2.35. The summed E-state index contributed by atoms with van der Waals surface area (Å²) >= 11 is 13.9. The van der Waals surface area contributed by atoms with Crippen LogP contribution in [0.4, 0.5) is 20.2 Å². The number of hydrogen-bond donors (Lipinski definition) is 2. The molecule has 14 rings (SSSR count). The van der Waals surface area contributed by atoms with Gasteiger partial charge in [-0.25, -0.2) is 8.78 Å². The summed E-state index contributed by atoms with van der Waals surface area (Å²) in [6, 6.07) is 32.1. The summed E-state index contributed by atoms with van der Waals surface area (Å²) in [5.41, 5.74) is 20.3. The lowest BCUT2D eigenvalue weighted by atomic mass is 9.85. The molecule has 20 heteroatoms. The van der Waals surface area contributed by atoms with Crippen LogP contribution in [0, 0.1) is 63.0 Å². The van der Waals surface area contributed by atoms with Crippen LogP contribution in [0.25, 0.3) is 22.3 Å². The number of carbonyl (C=O) groups excluding carboxylic acids is 4. The standard InChI is InChI=1S/2C43H48ClFN4O4/c2*1-26-27(2)43(52)47(3)24-35(26)33-21-37(44)36(40(22-33)53-4)25-48-15-14-34-30(6-5-7-32(34)23-48)18-28-12-16-49(17-13-28)39-10-8-29(20-38(39)45)19-31-9-11-41(50)46-42(31)51/h2*5-8,10,20-22,24,28,31H,9,11-19,23,25H2,1-4H3,(H,46,50,51). The molecule has 0 radical (unpaired) electrons. The molecule has 4 fully saturated rings. The summed E-state index contributed by atoms with van der Waals surface area (Å²) in [5.74, 6) is 0.468. The van der Waals surface area contributed by atoms with Crippen LogP contribution in [0.3, 0.4) is 0 Å². The van der Waals surface area contributed by atoms with Crippen LogP contribution < -0.4 is 41.0 Å². The van der Waals surface area contributed by atoms with Gasteiger partial charge in [0.15, 0.2) is 0 Å². The molecule has 2 unspecified atom stereocenters. The van der Waals surface area contributed by atoms with Crippen LogP contribution in [0.2, 0.25) is 10.0 Å². The highest BCUT2D eigenvalue weighted by atomic mass is 35.5. The molecule has 16 nitrogen and oxygen atoms in total. The first-order valence-corrected chi connectivity index (χ1v) is 38.2. The Morgan fingerprint density at radius 2 is 0.868 bits per heavy atom. The number of amides is 4. The molecule has 0 saturated carbocycles. The third kappa shape index (κ3) is 16.6. The van der Waals surface area contributed by atoms with E-state index >= 15 is 8.78 Å². The Hall–Kier alpha value is -8.94. The number of anilines is 2. The van der Waals surface area contributed by atoms with E-state index in [9.17, 15) is 28.8 Å². The molecule has 8 aromatic rings. The molecule has 0 aliphatic carbocycles. The van der Waals surface area contributed by atoms with E-state index in [0.717, 1.165) is 182 Å². The molecule has 2 aromatic heterocycles. The molecule has 106 heavy (non-hydrogen) atoms. The molecule has 6 aromatic carbocycles. The van der Waals surface area contributed by atoms with Crippen molar-refractivity contribution >= 4 is 58.2 Å². The maximum Gasteiger partial charge on any atom is 0.253 e. The zero-order chi connectivity index (χ0) is 74.8. The second kappa shape index (κ2) is 32.6. The third-order valence-corrected chi connectivity index (χ3v) is 24.2. The molecular weight excluding hydrogens is 1380 g/mol. The molecule has 6 aliphatic rings. The number of benzene rings is 6. The number of methoxy groups -OCH3 is 2. The van der Waals surface area contributed by atoms with Gasteiger partial charge in [0.2, 0.25) is 23.6 Å². The minimum atomic E-state index is -0.297. The average molecular weight is 1480 g/mol. The minimum Gasteiger partial charge on any atom is -0.496 e. The number of ether oxygens (including phenoxy) is 2. The third-order valence-electron chi connectivity index (χ3n) is 23.5. The Morgan fingerprint density at radius 1 is 0.472 bits per heavy atom. The fourth-order valence-electron chi connectivity index (χ4n) is 17.0. The highest BCUT2D eigenvalue weighted by Gasteiger charge is 2.32. The first kappa shape index (κ1) is 75.3. The van der Waals surface area contributed by atoms with E-state index in [4.69, 9.17) is 32.7 Å². The predicted molar refractivity (Wildman–Crippen MR) is 414 cm³/mol. The Balaban J connectivity index is 0.000000188. The lowest BCUT2D eigenvalue weighted by molar-refractivity contribution is -0.137. The van der Waals surface area contributed by atoms with Gasteiger partial charge in [-0.1, -0.05) is 71.7 Å². The summed E-state index contributed by atoms with van der Waals surface area (Å²) in [4.78, 5) is 81.4. The number of halogens is 4. The normalized spacial score (nSPS) is 18.2. The van der Waals surface area contributed by atoms with E-state index in [1.807, 2.05) is 88.6 Å². The number of aromatic nitrogens is 2. The predicted octanol–water partition coefficient (Wildman–Crippen LogP) is 14.2. The van der Waals surface area contributed by atoms with Gasteiger partial charge >= 0.3 is 0 Å². The van der Waals surface area contributed by atoms with Gasteiger partial charge in [0.25, 0.3) is 11.1 Å². The van der Waals surface area contributed by atoms with Crippen LogP contribution in [0.5, 0.6) is 11.5 Å². The van der Waals surface area contributed by atoms with Crippen LogP contribution >= 0.6 is 23.2 Å². The number of pyridine rings is 2. The molecule has 0 bridgehead atoms. The SMILES string of the molecule is COc1cc(-c2cn(C)c(=O)c(C)c2C)cc(Cl)c1CN1CCc2c(CC3CCN(c4ccc(CC5CCC(=O)NC5=O)cc4F)CC3)cccc2C1.COc1cc(-c2cn(C)c(=O)c(C)c2C)cc(Cl)c1CN1CCc2c(CC3CCN(c4ccc(CC5CCC(=O)NC5=O)cc4F)CC3)cccc2C1. The summed E-state index contributed by atoms with van der Waals surface area (Å²) in [7, 11) is 6.90. The van der Waals surface area contributed by atoms with E-state index in [-0.39, 0.29) is 58.2 Å². The maximum atomic E-state index is 15.3. The van der Waals surface area contributed by atoms with Crippen molar-refractivity contribution in [2.75, 3.05) is 63.3 Å². The molecule has 0 spiro atoms. The summed E-state index contributed by atoms with van der Waals surface area (Å²) in [5, 5.41) is 6.09. The number of piperidine rings is 4. The fourth-order valence-corrected chi connectivity index (χ4v) is 17.6. The van der Waals surface area contributed by atoms with Crippen molar-refractivity contribution in [1.29, 1.82) is 0 Å². The molecular formula is C86H96Cl2F2N8O8. The van der Waals surface area contributed by atoms with Gasteiger partial charge < -0.3 is 28.4 Å². The monoisotopic (exact) mass is 1480 g/mol. The number of rotatable bonds is 18.